The normalized spacial score (nSPS) is 12.8. The van der Waals surface area contributed by atoms with Gasteiger partial charge >= 0.3 is 0 Å². The van der Waals surface area contributed by atoms with Crippen molar-refractivity contribution in [2.24, 2.45) is 0 Å². The standard InChI is InChI=1S/C10H13N5O2/c1-2-3-6(16)5-4-12-8-7(13-5)9(17)15-10(11)14-8/h4,6,16H,2-3H2,1H3,(H3,11,12,14,15,17)/t6-/m1/s1. The SMILES string of the molecule is CCC[C@@H](O)c1cnc2nc(N)[nH]c(=O)c2n1. The van der Waals surface area contributed by atoms with Crippen LogP contribution in [0, 0.1) is 0 Å². The molecule has 0 radical (unpaired) electrons. The summed E-state index contributed by atoms with van der Waals surface area (Å²) in [6.45, 7) is 1.95. The Labute approximate surface area is 96.7 Å². The van der Waals surface area contributed by atoms with Crippen LogP contribution in [0.3, 0.4) is 0 Å². The van der Waals surface area contributed by atoms with Gasteiger partial charge in [0.05, 0.1) is 18.0 Å². The fourth-order valence-corrected chi connectivity index (χ4v) is 1.53. The fourth-order valence-electron chi connectivity index (χ4n) is 1.53. The molecule has 0 aliphatic carbocycles. The lowest BCUT2D eigenvalue weighted by Gasteiger charge is -2.08. The smallest absolute Gasteiger partial charge is 0.280 e. The number of nitrogens with one attached hydrogen (secondary N) is 1. The molecule has 0 bridgehead atoms. The summed E-state index contributed by atoms with van der Waals surface area (Å²) in [5.41, 5.74) is 5.57. The van der Waals surface area contributed by atoms with Gasteiger partial charge in [0, 0.05) is 0 Å². The molecular weight excluding hydrogens is 222 g/mol. The van der Waals surface area contributed by atoms with Crippen molar-refractivity contribution in [1.29, 1.82) is 0 Å². The molecule has 1 atom stereocenters. The Bertz CT molecular complexity index is 595. The molecular formula is C10H13N5O2. The number of nitrogens with two attached hydrogens (primary N) is 1. The molecule has 7 heteroatoms. The first-order valence-electron chi connectivity index (χ1n) is 5.32. The number of aliphatic hydroxyl groups excluding tert-OH is 1. The van der Waals surface area contributed by atoms with E-state index in [0.29, 0.717) is 12.1 Å². The van der Waals surface area contributed by atoms with Gasteiger partial charge in [0.1, 0.15) is 0 Å². The van der Waals surface area contributed by atoms with E-state index >= 15 is 0 Å². The highest BCUT2D eigenvalue weighted by molar-refractivity contribution is 5.69. The predicted octanol–water partition coefficient (Wildman–Crippen LogP) is 0.129. The summed E-state index contributed by atoms with van der Waals surface area (Å²) < 4.78 is 0. The number of fused-ring (bicyclic) bond motifs is 1. The largest absolute Gasteiger partial charge is 0.387 e. The van der Waals surface area contributed by atoms with E-state index in [4.69, 9.17) is 5.73 Å². The van der Waals surface area contributed by atoms with Gasteiger partial charge in [-0.1, -0.05) is 13.3 Å². The first kappa shape index (κ1) is 11.5. The van der Waals surface area contributed by atoms with Crippen LogP contribution in [0.1, 0.15) is 31.6 Å². The average molecular weight is 235 g/mol. The molecule has 0 fully saturated rings. The molecule has 0 unspecified atom stereocenters. The van der Waals surface area contributed by atoms with Crippen LogP contribution in [0.25, 0.3) is 11.2 Å². The molecule has 0 saturated carbocycles. The van der Waals surface area contributed by atoms with Crippen LogP contribution < -0.4 is 11.3 Å². The molecule has 4 N–H and O–H groups in total. The van der Waals surface area contributed by atoms with Crippen molar-refractivity contribution in [3.8, 4) is 0 Å². The number of anilines is 1. The van der Waals surface area contributed by atoms with E-state index < -0.39 is 11.7 Å². The Morgan fingerprint density at radius 2 is 2.29 bits per heavy atom. The van der Waals surface area contributed by atoms with Crippen molar-refractivity contribution < 1.29 is 5.11 Å². The summed E-state index contributed by atoms with van der Waals surface area (Å²) in [6.07, 6.45) is 2.08. The van der Waals surface area contributed by atoms with Crippen molar-refractivity contribution in [2.75, 3.05) is 5.73 Å². The van der Waals surface area contributed by atoms with Crippen LogP contribution in [0.5, 0.6) is 0 Å². The van der Waals surface area contributed by atoms with Gasteiger partial charge in [0.25, 0.3) is 5.56 Å². The molecule has 2 rings (SSSR count). The molecule has 2 aromatic heterocycles. The average Bonchev–Trinajstić information content (AvgIpc) is 2.28. The highest BCUT2D eigenvalue weighted by atomic mass is 16.3. The summed E-state index contributed by atoms with van der Waals surface area (Å²) in [4.78, 5) is 25.8. The molecule has 2 heterocycles. The van der Waals surface area contributed by atoms with Crippen LogP contribution in [0.4, 0.5) is 5.95 Å². The number of nitrogen functional groups attached to an aromatic ring is 1. The van der Waals surface area contributed by atoms with Gasteiger partial charge in [0.2, 0.25) is 5.95 Å². The first-order valence-corrected chi connectivity index (χ1v) is 5.32. The molecule has 2 aromatic rings. The van der Waals surface area contributed by atoms with Gasteiger partial charge in [-0.2, -0.15) is 4.98 Å². The van der Waals surface area contributed by atoms with Gasteiger partial charge in [-0.3, -0.25) is 9.78 Å². The third-order valence-corrected chi connectivity index (χ3v) is 2.36. The van der Waals surface area contributed by atoms with E-state index in [1.807, 2.05) is 6.92 Å². The highest BCUT2D eigenvalue weighted by Gasteiger charge is 2.12. The minimum Gasteiger partial charge on any atom is -0.387 e. The molecule has 0 saturated heterocycles. The quantitative estimate of drug-likeness (QED) is 0.695. The lowest BCUT2D eigenvalue weighted by atomic mass is 10.1. The van der Waals surface area contributed by atoms with Crippen LogP contribution in [0.15, 0.2) is 11.0 Å². The van der Waals surface area contributed by atoms with E-state index in [1.165, 1.54) is 6.20 Å². The molecule has 0 spiro atoms. The second-order valence-corrected chi connectivity index (χ2v) is 3.72. The van der Waals surface area contributed by atoms with E-state index in [9.17, 15) is 9.90 Å². The Kier molecular flexibility index (Phi) is 3.01. The second kappa shape index (κ2) is 4.46. The molecule has 7 nitrogen and oxygen atoms in total. The van der Waals surface area contributed by atoms with Crippen molar-refractivity contribution in [3.63, 3.8) is 0 Å². The maximum absolute atomic E-state index is 11.6. The van der Waals surface area contributed by atoms with Gasteiger partial charge in [-0.25, -0.2) is 9.97 Å². The zero-order valence-corrected chi connectivity index (χ0v) is 9.34. The number of aliphatic hydroxyl groups is 1. The number of aromatic amines is 1. The summed E-state index contributed by atoms with van der Waals surface area (Å²) in [6, 6.07) is 0. The Morgan fingerprint density at radius 3 is 3.00 bits per heavy atom. The Morgan fingerprint density at radius 1 is 1.53 bits per heavy atom. The summed E-state index contributed by atoms with van der Waals surface area (Å²) >= 11 is 0. The molecule has 0 aliphatic heterocycles. The number of hydrogen-bond donors (Lipinski definition) is 3. The van der Waals surface area contributed by atoms with E-state index in [2.05, 4.69) is 19.9 Å². The lowest BCUT2D eigenvalue weighted by molar-refractivity contribution is 0.161. The zero-order valence-electron chi connectivity index (χ0n) is 9.34. The van der Waals surface area contributed by atoms with Gasteiger partial charge in [-0.15, -0.1) is 0 Å². The maximum atomic E-state index is 11.6. The minimum atomic E-state index is -0.714. The second-order valence-electron chi connectivity index (χ2n) is 3.72. The molecule has 90 valence electrons. The van der Waals surface area contributed by atoms with Crippen LogP contribution >= 0.6 is 0 Å². The Hall–Kier alpha value is -2.02. The summed E-state index contributed by atoms with van der Waals surface area (Å²) in [5, 5.41) is 9.77. The molecule has 0 aliphatic rings. The predicted molar refractivity (Wildman–Crippen MR) is 62.2 cm³/mol. The molecule has 0 aromatic carbocycles. The zero-order chi connectivity index (χ0) is 12.4. The monoisotopic (exact) mass is 235 g/mol. The number of rotatable bonds is 3. The summed E-state index contributed by atoms with van der Waals surface area (Å²) in [5.74, 6) is -0.00124. The maximum Gasteiger partial charge on any atom is 0.280 e. The van der Waals surface area contributed by atoms with Crippen LogP contribution in [-0.4, -0.2) is 25.0 Å². The van der Waals surface area contributed by atoms with E-state index in [-0.39, 0.29) is 17.1 Å². The van der Waals surface area contributed by atoms with Crippen molar-refractivity contribution in [2.45, 2.75) is 25.9 Å². The Balaban J connectivity index is 2.54. The number of aromatic nitrogens is 4. The lowest BCUT2D eigenvalue weighted by Crippen LogP contribution is -2.15. The van der Waals surface area contributed by atoms with Crippen molar-refractivity contribution >= 4 is 17.1 Å². The van der Waals surface area contributed by atoms with Crippen LogP contribution in [-0.2, 0) is 0 Å². The first-order chi connectivity index (χ1) is 8.11. The fraction of sp³-hybridized carbons (Fsp3) is 0.400. The topological polar surface area (TPSA) is 118 Å². The third-order valence-electron chi connectivity index (χ3n) is 2.36. The minimum absolute atomic E-state index is 0.00124. The molecule has 17 heavy (non-hydrogen) atoms. The van der Waals surface area contributed by atoms with Gasteiger partial charge in [0.15, 0.2) is 11.2 Å². The van der Waals surface area contributed by atoms with E-state index in [1.54, 1.807) is 0 Å². The van der Waals surface area contributed by atoms with E-state index in [0.717, 1.165) is 6.42 Å². The number of H-pyrrole nitrogens is 1. The molecule has 0 amide bonds. The highest BCUT2D eigenvalue weighted by Crippen LogP contribution is 2.16. The van der Waals surface area contributed by atoms with Crippen molar-refractivity contribution in [1.82, 2.24) is 19.9 Å². The van der Waals surface area contributed by atoms with Crippen LogP contribution in [0.2, 0.25) is 0 Å². The number of nitrogens with zero attached hydrogens (tertiary/aromatic N) is 3. The third kappa shape index (κ3) is 2.23. The van der Waals surface area contributed by atoms with Gasteiger partial charge in [-0.05, 0) is 6.42 Å². The van der Waals surface area contributed by atoms with Crippen molar-refractivity contribution in [3.05, 3.63) is 22.2 Å². The number of hydrogen-bond acceptors (Lipinski definition) is 6. The summed E-state index contributed by atoms with van der Waals surface area (Å²) in [7, 11) is 0. The van der Waals surface area contributed by atoms with Gasteiger partial charge < -0.3 is 10.8 Å².